The number of nitrogens with one attached hydrogen (secondary N) is 1. The third-order valence-corrected chi connectivity index (χ3v) is 1.33. The van der Waals surface area contributed by atoms with Gasteiger partial charge in [0.25, 0.3) is 0 Å². The Hall–Kier alpha value is 0.110. The molecule has 1 aliphatic rings. The molecule has 1 rings (SSSR count). The van der Waals surface area contributed by atoms with E-state index in [2.05, 4.69) is 5.32 Å². The van der Waals surface area contributed by atoms with Gasteiger partial charge in [0.1, 0.15) is 12.3 Å². The van der Waals surface area contributed by atoms with Crippen LogP contribution in [0.15, 0.2) is 0 Å². The number of alkyl halides is 2. The van der Waals surface area contributed by atoms with E-state index in [1.807, 2.05) is 0 Å². The lowest BCUT2D eigenvalue weighted by Gasteiger charge is -2.19. The summed E-state index contributed by atoms with van der Waals surface area (Å²) in [5.74, 6) is 0. The Morgan fingerprint density at radius 2 is 1.89 bits per heavy atom. The van der Waals surface area contributed by atoms with E-state index in [9.17, 15) is 8.78 Å². The van der Waals surface area contributed by atoms with Crippen molar-refractivity contribution in [3.63, 3.8) is 0 Å². The van der Waals surface area contributed by atoms with Gasteiger partial charge in [-0.05, 0) is 13.0 Å². The van der Waals surface area contributed by atoms with Crippen LogP contribution in [0.25, 0.3) is 0 Å². The van der Waals surface area contributed by atoms with Crippen LogP contribution in [0.2, 0.25) is 0 Å². The average Bonchev–Trinajstić information content (AvgIpc) is 1.77. The van der Waals surface area contributed by atoms with Gasteiger partial charge in [0.05, 0.1) is 0 Å². The SMILES string of the molecule is Cl.F[C@@H]1CCNC[C@@H]1F. The quantitative estimate of drug-likeness (QED) is 0.555. The smallest absolute Gasteiger partial charge is 0.144 e. The first-order valence-electron chi connectivity index (χ1n) is 2.79. The molecule has 1 fully saturated rings. The molecule has 1 heterocycles. The van der Waals surface area contributed by atoms with Crippen LogP contribution >= 0.6 is 12.4 Å². The molecule has 0 spiro atoms. The zero-order chi connectivity index (χ0) is 5.98. The molecule has 56 valence electrons. The Morgan fingerprint density at radius 3 is 2.22 bits per heavy atom. The Morgan fingerprint density at radius 1 is 1.22 bits per heavy atom. The van der Waals surface area contributed by atoms with Crippen molar-refractivity contribution >= 4 is 12.4 Å². The molecule has 0 unspecified atom stereocenters. The molecule has 0 radical (unpaired) electrons. The van der Waals surface area contributed by atoms with Crippen molar-refractivity contribution in [3.05, 3.63) is 0 Å². The Labute approximate surface area is 59.2 Å². The van der Waals surface area contributed by atoms with Crippen LogP contribution in [-0.4, -0.2) is 25.4 Å². The van der Waals surface area contributed by atoms with Gasteiger partial charge in [0.15, 0.2) is 0 Å². The van der Waals surface area contributed by atoms with Crippen molar-refractivity contribution in [2.75, 3.05) is 13.1 Å². The van der Waals surface area contributed by atoms with Gasteiger partial charge in [0.2, 0.25) is 0 Å². The highest BCUT2D eigenvalue weighted by molar-refractivity contribution is 5.85. The monoisotopic (exact) mass is 157 g/mol. The third kappa shape index (κ3) is 2.45. The highest BCUT2D eigenvalue weighted by atomic mass is 35.5. The van der Waals surface area contributed by atoms with Crippen molar-refractivity contribution in [2.24, 2.45) is 0 Å². The summed E-state index contributed by atoms with van der Waals surface area (Å²) < 4.78 is 24.3. The molecule has 1 saturated heterocycles. The predicted octanol–water partition coefficient (Wildman–Crippen LogP) is 1.08. The summed E-state index contributed by atoms with van der Waals surface area (Å²) in [5, 5.41) is 2.75. The Bertz CT molecular complexity index is 71.4. The largest absolute Gasteiger partial charge is 0.314 e. The van der Waals surface area contributed by atoms with Crippen molar-refractivity contribution in [3.8, 4) is 0 Å². The Kier molecular flexibility index (Phi) is 4.06. The van der Waals surface area contributed by atoms with E-state index < -0.39 is 12.3 Å². The summed E-state index contributed by atoms with van der Waals surface area (Å²) in [6.07, 6.45) is -2.18. The van der Waals surface area contributed by atoms with Crippen LogP contribution in [0, 0.1) is 0 Å². The van der Waals surface area contributed by atoms with Gasteiger partial charge in [-0.3, -0.25) is 0 Å². The minimum Gasteiger partial charge on any atom is -0.314 e. The van der Waals surface area contributed by atoms with Gasteiger partial charge in [-0.15, -0.1) is 12.4 Å². The third-order valence-electron chi connectivity index (χ3n) is 1.33. The molecule has 1 nitrogen and oxygen atoms in total. The molecule has 0 aromatic carbocycles. The topological polar surface area (TPSA) is 12.0 Å². The molecule has 2 atom stereocenters. The van der Waals surface area contributed by atoms with Gasteiger partial charge in [-0.1, -0.05) is 0 Å². The van der Waals surface area contributed by atoms with E-state index in [0.29, 0.717) is 13.0 Å². The summed E-state index contributed by atoms with van der Waals surface area (Å²) >= 11 is 0. The molecule has 4 heteroatoms. The average molecular weight is 158 g/mol. The standard InChI is InChI=1S/C5H9F2N.ClH/c6-4-1-2-8-3-5(4)7;/h4-5,8H,1-3H2;1H/t4-,5+;/m1./s1. The molecule has 9 heavy (non-hydrogen) atoms. The lowest BCUT2D eigenvalue weighted by molar-refractivity contribution is 0.131. The highest BCUT2D eigenvalue weighted by Gasteiger charge is 2.22. The summed E-state index contributed by atoms with van der Waals surface area (Å²) in [7, 11) is 0. The Balaban J connectivity index is 0.000000640. The van der Waals surface area contributed by atoms with E-state index in [1.54, 1.807) is 0 Å². The van der Waals surface area contributed by atoms with Crippen molar-refractivity contribution in [1.82, 2.24) is 5.32 Å². The summed E-state index contributed by atoms with van der Waals surface area (Å²) in [6, 6.07) is 0. The van der Waals surface area contributed by atoms with Crippen molar-refractivity contribution in [1.29, 1.82) is 0 Å². The number of halogens is 3. The minimum absolute atomic E-state index is 0. The second-order valence-corrected chi connectivity index (χ2v) is 2.02. The second-order valence-electron chi connectivity index (χ2n) is 2.02. The minimum atomic E-state index is -1.27. The van der Waals surface area contributed by atoms with E-state index in [1.165, 1.54) is 0 Å². The molecule has 0 saturated carbocycles. The van der Waals surface area contributed by atoms with Crippen molar-refractivity contribution in [2.45, 2.75) is 18.8 Å². The first kappa shape index (κ1) is 9.11. The van der Waals surface area contributed by atoms with Crippen LogP contribution in [0.3, 0.4) is 0 Å². The highest BCUT2D eigenvalue weighted by Crippen LogP contribution is 2.10. The van der Waals surface area contributed by atoms with Crippen LogP contribution in [0.1, 0.15) is 6.42 Å². The first-order chi connectivity index (χ1) is 3.80. The summed E-state index contributed by atoms with van der Waals surface area (Å²) in [6.45, 7) is 0.794. The van der Waals surface area contributed by atoms with Crippen LogP contribution < -0.4 is 5.32 Å². The van der Waals surface area contributed by atoms with Crippen LogP contribution in [0.4, 0.5) is 8.78 Å². The molecule has 0 aromatic heterocycles. The fourth-order valence-corrected chi connectivity index (χ4v) is 0.789. The van der Waals surface area contributed by atoms with Gasteiger partial charge < -0.3 is 5.32 Å². The molecule has 1 N–H and O–H groups in total. The van der Waals surface area contributed by atoms with Crippen LogP contribution in [-0.2, 0) is 0 Å². The van der Waals surface area contributed by atoms with Gasteiger partial charge in [-0.25, -0.2) is 8.78 Å². The fourth-order valence-electron chi connectivity index (χ4n) is 0.789. The summed E-state index contributed by atoms with van der Waals surface area (Å²) in [4.78, 5) is 0. The number of hydrogen-bond donors (Lipinski definition) is 1. The normalized spacial score (nSPS) is 35.3. The molecule has 0 aromatic rings. The van der Waals surface area contributed by atoms with E-state index in [0.717, 1.165) is 0 Å². The predicted molar refractivity (Wildman–Crippen MR) is 34.5 cm³/mol. The zero-order valence-electron chi connectivity index (χ0n) is 4.94. The zero-order valence-corrected chi connectivity index (χ0v) is 5.76. The fraction of sp³-hybridized carbons (Fsp3) is 1.00. The number of hydrogen-bond acceptors (Lipinski definition) is 1. The van der Waals surface area contributed by atoms with Crippen molar-refractivity contribution < 1.29 is 8.78 Å². The lowest BCUT2D eigenvalue weighted by atomic mass is 10.1. The van der Waals surface area contributed by atoms with E-state index in [-0.39, 0.29) is 19.0 Å². The van der Waals surface area contributed by atoms with E-state index >= 15 is 0 Å². The van der Waals surface area contributed by atoms with E-state index in [4.69, 9.17) is 0 Å². The molecule has 0 bridgehead atoms. The van der Waals surface area contributed by atoms with Gasteiger partial charge in [0, 0.05) is 6.54 Å². The first-order valence-corrected chi connectivity index (χ1v) is 2.79. The lowest BCUT2D eigenvalue weighted by Crippen LogP contribution is -2.39. The maximum Gasteiger partial charge on any atom is 0.144 e. The molecule has 0 amide bonds. The maximum absolute atomic E-state index is 12.2. The van der Waals surface area contributed by atoms with Gasteiger partial charge in [-0.2, -0.15) is 0 Å². The van der Waals surface area contributed by atoms with Gasteiger partial charge >= 0.3 is 0 Å². The molecule has 1 aliphatic heterocycles. The molecule has 0 aliphatic carbocycles. The summed E-state index contributed by atoms with van der Waals surface area (Å²) in [5.41, 5.74) is 0. The number of piperidine rings is 1. The molecular weight excluding hydrogens is 148 g/mol. The molecular formula is C5H10ClF2N. The number of rotatable bonds is 0. The van der Waals surface area contributed by atoms with Crippen LogP contribution in [0.5, 0.6) is 0 Å². The maximum atomic E-state index is 12.2. The second kappa shape index (κ2) is 4.01.